The number of rotatable bonds is 6. The van der Waals surface area contributed by atoms with Gasteiger partial charge in [0.1, 0.15) is 27.5 Å². The fourth-order valence-corrected chi connectivity index (χ4v) is 3.02. The van der Waals surface area contributed by atoms with E-state index in [0.717, 1.165) is 17.0 Å². The Hall–Kier alpha value is -3.44. The minimum Gasteiger partial charge on any atom is -0.494 e. The summed E-state index contributed by atoms with van der Waals surface area (Å²) in [6, 6.07) is 12.3. The summed E-state index contributed by atoms with van der Waals surface area (Å²) >= 11 is 1.32. The highest BCUT2D eigenvalue weighted by atomic mass is 32.1. The van der Waals surface area contributed by atoms with E-state index < -0.39 is 4.92 Å². The van der Waals surface area contributed by atoms with Crippen LogP contribution in [0.4, 0.5) is 5.88 Å². The number of aromatic nitrogens is 1. The van der Waals surface area contributed by atoms with Crippen LogP contribution in [-0.2, 0) is 0 Å². The zero-order valence-corrected chi connectivity index (χ0v) is 14.5. The number of hydrogen-bond acceptors (Lipinski definition) is 7. The minimum atomic E-state index is -0.628. The van der Waals surface area contributed by atoms with E-state index in [1.54, 1.807) is 0 Å². The molecule has 0 atom stereocenters. The molecule has 3 aromatic rings. The Morgan fingerprint density at radius 2 is 2.15 bits per heavy atom. The second-order valence-corrected chi connectivity index (χ2v) is 5.96. The van der Waals surface area contributed by atoms with Crippen LogP contribution in [0.15, 0.2) is 46.2 Å². The second kappa shape index (κ2) is 7.63. The molecule has 0 fully saturated rings. The van der Waals surface area contributed by atoms with E-state index in [0.29, 0.717) is 11.6 Å². The van der Waals surface area contributed by atoms with E-state index in [2.05, 4.69) is 11.1 Å². The summed E-state index contributed by atoms with van der Waals surface area (Å²) in [5.41, 5.74) is 1.91. The Bertz CT molecular complexity index is 996. The van der Waals surface area contributed by atoms with Gasteiger partial charge in [0.2, 0.25) is 0 Å². The monoisotopic (exact) mass is 367 g/mol. The van der Waals surface area contributed by atoms with Gasteiger partial charge in [0.15, 0.2) is 0 Å². The number of nitrogens with zero attached hydrogens (tertiary/aromatic N) is 3. The second-order valence-electron chi connectivity index (χ2n) is 5.10. The van der Waals surface area contributed by atoms with Crippen LogP contribution in [0.25, 0.3) is 22.9 Å². The molecule has 0 saturated carbocycles. The molecule has 1 aromatic carbocycles. The van der Waals surface area contributed by atoms with Gasteiger partial charge < -0.3 is 9.15 Å². The molecule has 0 unspecified atom stereocenters. The molecule has 0 aliphatic carbocycles. The van der Waals surface area contributed by atoms with E-state index in [4.69, 9.17) is 9.15 Å². The van der Waals surface area contributed by atoms with Crippen LogP contribution >= 0.6 is 11.3 Å². The van der Waals surface area contributed by atoms with Crippen molar-refractivity contribution in [2.45, 2.75) is 6.92 Å². The molecule has 0 aliphatic rings. The Balaban J connectivity index is 1.85. The quantitative estimate of drug-likeness (QED) is 0.353. The lowest BCUT2D eigenvalue weighted by Crippen LogP contribution is -1.90. The highest BCUT2D eigenvalue weighted by molar-refractivity contribution is 7.11. The Labute approximate surface area is 152 Å². The van der Waals surface area contributed by atoms with Gasteiger partial charge in [-0.3, -0.25) is 10.1 Å². The largest absolute Gasteiger partial charge is 0.494 e. The SMILES string of the molecule is CCOc1ccc(-c2csc(/C(C#N)=C/c3ccc([N+](=O)[O-])o3)n2)cc1. The smallest absolute Gasteiger partial charge is 0.433 e. The number of nitriles is 1. The first kappa shape index (κ1) is 17.4. The van der Waals surface area contributed by atoms with Gasteiger partial charge in [-0.05, 0) is 37.3 Å². The Morgan fingerprint density at radius 1 is 1.38 bits per heavy atom. The first-order valence-corrected chi connectivity index (χ1v) is 8.54. The van der Waals surface area contributed by atoms with E-state index >= 15 is 0 Å². The third kappa shape index (κ3) is 3.79. The van der Waals surface area contributed by atoms with Crippen molar-refractivity contribution < 1.29 is 14.1 Å². The predicted octanol–water partition coefficient (Wildman–Crippen LogP) is 4.77. The average Bonchev–Trinajstić information content (AvgIpc) is 3.30. The van der Waals surface area contributed by atoms with Crippen molar-refractivity contribution >= 4 is 28.9 Å². The van der Waals surface area contributed by atoms with Gasteiger partial charge in [-0.1, -0.05) is 0 Å². The molecule has 0 amide bonds. The topological polar surface area (TPSA) is 102 Å². The molecular weight excluding hydrogens is 354 g/mol. The van der Waals surface area contributed by atoms with Gasteiger partial charge in [0.25, 0.3) is 0 Å². The molecule has 0 bridgehead atoms. The Kier molecular flexibility index (Phi) is 5.10. The van der Waals surface area contributed by atoms with Crippen molar-refractivity contribution in [2.24, 2.45) is 0 Å². The third-order valence-electron chi connectivity index (χ3n) is 3.40. The van der Waals surface area contributed by atoms with Crippen LogP contribution in [0.5, 0.6) is 5.75 Å². The van der Waals surface area contributed by atoms with Crippen LogP contribution in [-0.4, -0.2) is 16.5 Å². The fourth-order valence-electron chi connectivity index (χ4n) is 2.22. The van der Waals surface area contributed by atoms with E-state index in [-0.39, 0.29) is 17.2 Å². The van der Waals surface area contributed by atoms with E-state index in [1.807, 2.05) is 36.6 Å². The summed E-state index contributed by atoms with van der Waals surface area (Å²) in [6.07, 6.45) is 1.44. The molecule has 2 heterocycles. The van der Waals surface area contributed by atoms with Crippen molar-refractivity contribution in [3.8, 4) is 23.1 Å². The predicted molar refractivity (Wildman–Crippen MR) is 97.6 cm³/mol. The van der Waals surface area contributed by atoms with Crippen molar-refractivity contribution in [1.29, 1.82) is 5.26 Å². The normalized spacial score (nSPS) is 11.2. The van der Waals surface area contributed by atoms with Crippen LogP contribution in [0.1, 0.15) is 17.7 Å². The highest BCUT2D eigenvalue weighted by Gasteiger charge is 2.13. The maximum Gasteiger partial charge on any atom is 0.433 e. The number of ether oxygens (including phenoxy) is 1. The van der Waals surface area contributed by atoms with Crippen LogP contribution in [0.2, 0.25) is 0 Å². The van der Waals surface area contributed by atoms with E-state index in [9.17, 15) is 15.4 Å². The van der Waals surface area contributed by atoms with Crippen LogP contribution < -0.4 is 4.74 Å². The molecule has 2 aromatic heterocycles. The number of furan rings is 1. The first-order chi connectivity index (χ1) is 12.6. The number of hydrogen-bond donors (Lipinski definition) is 0. The number of allylic oxidation sites excluding steroid dienone is 1. The lowest BCUT2D eigenvalue weighted by Gasteiger charge is -2.03. The average molecular weight is 367 g/mol. The molecule has 130 valence electrons. The first-order valence-electron chi connectivity index (χ1n) is 7.66. The summed E-state index contributed by atoms with van der Waals surface area (Å²) in [6.45, 7) is 2.52. The summed E-state index contributed by atoms with van der Waals surface area (Å²) in [5.74, 6) is 0.637. The molecule has 3 rings (SSSR count). The summed E-state index contributed by atoms with van der Waals surface area (Å²) in [4.78, 5) is 14.5. The molecule has 0 aliphatic heterocycles. The molecule has 7 nitrogen and oxygen atoms in total. The molecule has 8 heteroatoms. The van der Waals surface area contributed by atoms with Gasteiger partial charge in [0.05, 0.1) is 23.9 Å². The molecule has 0 spiro atoms. The van der Waals surface area contributed by atoms with Gasteiger partial charge in [0, 0.05) is 17.0 Å². The van der Waals surface area contributed by atoms with Crippen molar-refractivity contribution in [2.75, 3.05) is 6.61 Å². The van der Waals surface area contributed by atoms with Crippen molar-refractivity contribution in [3.05, 3.63) is 62.7 Å². The molecular formula is C18H13N3O4S. The summed E-state index contributed by atoms with van der Waals surface area (Å²) < 4.78 is 10.5. The van der Waals surface area contributed by atoms with Crippen molar-refractivity contribution in [3.63, 3.8) is 0 Å². The van der Waals surface area contributed by atoms with E-state index in [1.165, 1.54) is 29.5 Å². The number of nitro groups is 1. The minimum absolute atomic E-state index is 0.228. The standard InChI is InChI=1S/C18H13N3O4S/c1-2-24-14-5-3-12(4-6-14)16-11-26-18(20-16)13(10-19)9-15-7-8-17(25-15)21(22)23/h3-9,11H,2H2,1H3/b13-9+. The molecule has 0 radical (unpaired) electrons. The number of thiazole rings is 1. The molecule has 0 N–H and O–H groups in total. The molecule has 0 saturated heterocycles. The number of benzene rings is 1. The van der Waals surface area contributed by atoms with Gasteiger partial charge >= 0.3 is 5.88 Å². The maximum atomic E-state index is 10.7. The molecule has 26 heavy (non-hydrogen) atoms. The lowest BCUT2D eigenvalue weighted by atomic mass is 10.1. The van der Waals surface area contributed by atoms with Crippen LogP contribution in [0.3, 0.4) is 0 Å². The van der Waals surface area contributed by atoms with Gasteiger partial charge in [-0.25, -0.2) is 4.98 Å². The lowest BCUT2D eigenvalue weighted by molar-refractivity contribution is -0.402. The summed E-state index contributed by atoms with van der Waals surface area (Å²) in [5, 5.41) is 22.4. The Morgan fingerprint density at radius 3 is 2.77 bits per heavy atom. The van der Waals surface area contributed by atoms with Gasteiger partial charge in [-0.2, -0.15) is 5.26 Å². The zero-order chi connectivity index (χ0) is 18.5. The van der Waals surface area contributed by atoms with Gasteiger partial charge in [-0.15, -0.1) is 11.3 Å². The van der Waals surface area contributed by atoms with Crippen LogP contribution in [0, 0.1) is 21.4 Å². The maximum absolute atomic E-state index is 10.7. The fraction of sp³-hybridized carbons (Fsp3) is 0.111. The summed E-state index contributed by atoms with van der Waals surface area (Å²) in [7, 11) is 0. The zero-order valence-electron chi connectivity index (χ0n) is 13.7. The third-order valence-corrected chi connectivity index (χ3v) is 4.27. The van der Waals surface area contributed by atoms with Crippen molar-refractivity contribution in [1.82, 2.24) is 4.98 Å². The highest BCUT2D eigenvalue weighted by Crippen LogP contribution is 2.29.